The first-order chi connectivity index (χ1) is 10.0. The fraction of sp³-hybridized carbons (Fsp3) is 0.500. The van der Waals surface area contributed by atoms with Crippen LogP contribution in [0.25, 0.3) is 0 Å². The quantitative estimate of drug-likeness (QED) is 0.644. The highest BCUT2D eigenvalue weighted by Gasteiger charge is 2.25. The van der Waals surface area contributed by atoms with Gasteiger partial charge in [-0.1, -0.05) is 0 Å². The fourth-order valence-corrected chi connectivity index (χ4v) is 2.51. The van der Waals surface area contributed by atoms with Crippen molar-refractivity contribution in [1.29, 1.82) is 0 Å². The number of anilines is 1. The van der Waals surface area contributed by atoms with E-state index in [1.54, 1.807) is 24.0 Å². The van der Waals surface area contributed by atoms with Crippen molar-refractivity contribution in [3.63, 3.8) is 0 Å². The van der Waals surface area contributed by atoms with Crippen LogP contribution in [0.2, 0.25) is 0 Å². The Bertz CT molecular complexity index is 547. The number of aliphatic hydroxyl groups is 1. The average Bonchev–Trinajstić information content (AvgIpc) is 2.46. The molecule has 1 aromatic carbocycles. The molecule has 2 rings (SSSR count). The second-order valence-electron chi connectivity index (χ2n) is 5.06. The van der Waals surface area contributed by atoms with Crippen molar-refractivity contribution in [2.45, 2.75) is 25.9 Å². The zero-order valence-corrected chi connectivity index (χ0v) is 11.9. The predicted octanol–water partition coefficient (Wildman–Crippen LogP) is 1.31. The third kappa shape index (κ3) is 3.49. The lowest BCUT2D eigenvalue weighted by molar-refractivity contribution is -0.384. The molecule has 1 atom stereocenters. The van der Waals surface area contributed by atoms with Crippen molar-refractivity contribution in [1.82, 2.24) is 5.32 Å². The Morgan fingerprint density at radius 1 is 1.57 bits per heavy atom. The number of rotatable bonds is 4. The monoisotopic (exact) mass is 293 g/mol. The van der Waals surface area contributed by atoms with Crippen molar-refractivity contribution >= 4 is 17.3 Å². The molecule has 0 radical (unpaired) electrons. The molecule has 114 valence electrons. The highest BCUT2D eigenvalue weighted by molar-refractivity contribution is 5.95. The van der Waals surface area contributed by atoms with E-state index in [0.29, 0.717) is 31.7 Å². The van der Waals surface area contributed by atoms with Gasteiger partial charge in [-0.3, -0.25) is 14.9 Å². The van der Waals surface area contributed by atoms with Crippen LogP contribution in [0.5, 0.6) is 0 Å². The molecule has 21 heavy (non-hydrogen) atoms. The molecule has 0 saturated carbocycles. The molecule has 1 aliphatic rings. The van der Waals surface area contributed by atoms with Gasteiger partial charge >= 0.3 is 0 Å². The number of nitrogens with zero attached hydrogens (tertiary/aromatic N) is 2. The van der Waals surface area contributed by atoms with Crippen molar-refractivity contribution in [3.05, 3.63) is 33.9 Å². The molecule has 1 fully saturated rings. The maximum absolute atomic E-state index is 11.8. The van der Waals surface area contributed by atoms with Gasteiger partial charge in [0.25, 0.3) is 11.6 Å². The van der Waals surface area contributed by atoms with Crippen LogP contribution in [0.4, 0.5) is 11.4 Å². The standard InChI is InChI=1S/C14H19N3O4/c1-2-15-14(19)10-5-6-12(13(8-10)17(20)21)16-7-3-4-11(18)9-16/h5-6,8,11,18H,2-4,7,9H2,1H3,(H,15,19)/t11-/m0/s1. The van der Waals surface area contributed by atoms with Crippen LogP contribution < -0.4 is 10.2 Å². The van der Waals surface area contributed by atoms with Gasteiger partial charge in [-0.05, 0) is 31.9 Å². The summed E-state index contributed by atoms with van der Waals surface area (Å²) in [7, 11) is 0. The van der Waals surface area contributed by atoms with Crippen LogP contribution in [-0.4, -0.2) is 41.7 Å². The number of benzene rings is 1. The average molecular weight is 293 g/mol. The van der Waals surface area contributed by atoms with Gasteiger partial charge in [-0.25, -0.2) is 0 Å². The molecular weight excluding hydrogens is 274 g/mol. The number of hydrogen-bond donors (Lipinski definition) is 2. The van der Waals surface area contributed by atoms with Crippen LogP contribution in [0.3, 0.4) is 0 Å². The Labute approximate surface area is 122 Å². The predicted molar refractivity (Wildman–Crippen MR) is 78.6 cm³/mol. The van der Waals surface area contributed by atoms with Crippen LogP contribution in [-0.2, 0) is 0 Å². The minimum absolute atomic E-state index is 0.104. The Balaban J connectivity index is 2.33. The highest BCUT2D eigenvalue weighted by atomic mass is 16.6. The Hall–Kier alpha value is -2.15. The molecule has 7 heteroatoms. The number of aliphatic hydroxyl groups excluding tert-OH is 1. The van der Waals surface area contributed by atoms with E-state index in [0.717, 1.165) is 6.42 Å². The normalized spacial score (nSPS) is 18.4. The van der Waals surface area contributed by atoms with Crippen molar-refractivity contribution in [2.24, 2.45) is 0 Å². The van der Waals surface area contributed by atoms with E-state index >= 15 is 0 Å². The summed E-state index contributed by atoms with van der Waals surface area (Å²) in [6, 6.07) is 4.45. The van der Waals surface area contributed by atoms with Gasteiger partial charge in [0.15, 0.2) is 0 Å². The second kappa shape index (κ2) is 6.53. The van der Waals surface area contributed by atoms with E-state index in [1.807, 2.05) is 0 Å². The summed E-state index contributed by atoms with van der Waals surface area (Å²) in [5, 5.41) is 23.6. The topological polar surface area (TPSA) is 95.7 Å². The first kappa shape index (κ1) is 15.2. The van der Waals surface area contributed by atoms with Crippen LogP contribution in [0, 0.1) is 10.1 Å². The molecule has 1 saturated heterocycles. The molecule has 1 aromatic rings. The van der Waals surface area contributed by atoms with Crippen molar-refractivity contribution < 1.29 is 14.8 Å². The summed E-state index contributed by atoms with van der Waals surface area (Å²) in [5.74, 6) is -0.328. The Morgan fingerprint density at radius 2 is 2.33 bits per heavy atom. The first-order valence-electron chi connectivity index (χ1n) is 7.02. The van der Waals surface area contributed by atoms with E-state index < -0.39 is 11.0 Å². The third-order valence-electron chi connectivity index (χ3n) is 3.51. The van der Waals surface area contributed by atoms with Crippen molar-refractivity contribution in [2.75, 3.05) is 24.5 Å². The summed E-state index contributed by atoms with van der Waals surface area (Å²) < 4.78 is 0. The molecular formula is C14H19N3O4. The molecule has 0 aromatic heterocycles. The number of β-amino-alcohol motifs (C(OH)–C–C–N with tert-alkyl or cyclic N) is 1. The van der Waals surface area contributed by atoms with E-state index in [4.69, 9.17) is 0 Å². The number of carbonyl (C=O) groups is 1. The number of amides is 1. The van der Waals surface area contributed by atoms with Gasteiger partial charge in [0.2, 0.25) is 0 Å². The molecule has 0 spiro atoms. The summed E-state index contributed by atoms with van der Waals surface area (Å²) >= 11 is 0. The Morgan fingerprint density at radius 3 is 2.95 bits per heavy atom. The number of carbonyl (C=O) groups excluding carboxylic acids is 1. The van der Waals surface area contributed by atoms with Gasteiger partial charge in [0.05, 0.1) is 11.0 Å². The van der Waals surface area contributed by atoms with E-state index in [9.17, 15) is 20.0 Å². The fourth-order valence-electron chi connectivity index (χ4n) is 2.51. The van der Waals surface area contributed by atoms with Crippen LogP contribution in [0.15, 0.2) is 18.2 Å². The molecule has 2 N–H and O–H groups in total. The number of hydrogen-bond acceptors (Lipinski definition) is 5. The number of piperidine rings is 1. The highest BCUT2D eigenvalue weighted by Crippen LogP contribution is 2.31. The maximum atomic E-state index is 11.8. The minimum atomic E-state index is -0.487. The lowest BCUT2D eigenvalue weighted by Crippen LogP contribution is -2.38. The molecule has 0 aliphatic carbocycles. The number of nitro benzene ring substituents is 1. The van der Waals surface area contributed by atoms with Gasteiger partial charge in [0, 0.05) is 31.3 Å². The molecule has 1 heterocycles. The zero-order valence-electron chi connectivity index (χ0n) is 11.9. The van der Waals surface area contributed by atoms with Gasteiger partial charge in [0.1, 0.15) is 5.69 Å². The lowest BCUT2D eigenvalue weighted by atomic mass is 10.1. The molecule has 0 bridgehead atoms. The summed E-state index contributed by atoms with van der Waals surface area (Å²) in [4.78, 5) is 24.3. The summed E-state index contributed by atoms with van der Waals surface area (Å²) in [6.07, 6.45) is 1.03. The second-order valence-corrected chi connectivity index (χ2v) is 5.06. The SMILES string of the molecule is CCNC(=O)c1ccc(N2CCC[C@H](O)C2)c([N+](=O)[O-])c1. The van der Waals surface area contributed by atoms with E-state index in [-0.39, 0.29) is 17.2 Å². The van der Waals surface area contributed by atoms with E-state index in [1.165, 1.54) is 6.07 Å². The van der Waals surface area contributed by atoms with Crippen molar-refractivity contribution in [3.8, 4) is 0 Å². The maximum Gasteiger partial charge on any atom is 0.293 e. The van der Waals surface area contributed by atoms with Crippen LogP contribution >= 0.6 is 0 Å². The van der Waals surface area contributed by atoms with Gasteiger partial charge in [-0.15, -0.1) is 0 Å². The summed E-state index contributed by atoms with van der Waals surface area (Å²) in [5.41, 5.74) is 0.615. The molecule has 1 amide bonds. The molecule has 0 unspecified atom stereocenters. The van der Waals surface area contributed by atoms with Gasteiger partial charge in [-0.2, -0.15) is 0 Å². The van der Waals surface area contributed by atoms with Gasteiger partial charge < -0.3 is 15.3 Å². The van der Waals surface area contributed by atoms with Crippen LogP contribution in [0.1, 0.15) is 30.1 Å². The largest absolute Gasteiger partial charge is 0.391 e. The summed E-state index contributed by atoms with van der Waals surface area (Å²) in [6.45, 7) is 3.29. The van der Waals surface area contributed by atoms with E-state index in [2.05, 4.69) is 5.32 Å². The lowest BCUT2D eigenvalue weighted by Gasteiger charge is -2.31. The molecule has 1 aliphatic heterocycles. The Kier molecular flexibility index (Phi) is 4.74. The first-order valence-corrected chi connectivity index (χ1v) is 7.02. The minimum Gasteiger partial charge on any atom is -0.391 e. The smallest absolute Gasteiger partial charge is 0.293 e. The molecule has 7 nitrogen and oxygen atoms in total. The number of nitro groups is 1. The zero-order chi connectivity index (χ0) is 15.4. The third-order valence-corrected chi connectivity index (χ3v) is 3.51. The number of nitrogens with one attached hydrogen (secondary N) is 1.